The number of nitrogens with zero attached hydrogens (tertiary/aromatic N) is 2. The van der Waals surface area contributed by atoms with E-state index in [1.807, 2.05) is 4.90 Å². The zero-order valence-corrected chi connectivity index (χ0v) is 9.81. The normalized spacial score (nSPS) is 27.0. The van der Waals surface area contributed by atoms with Gasteiger partial charge in [0.1, 0.15) is 0 Å². The smallest absolute Gasteiger partial charge is 0.407 e. The molecule has 2 fully saturated rings. The monoisotopic (exact) mass is 276 g/mol. The molecular formula is C9H13BrN2O3. The lowest BCUT2D eigenvalue weighted by Crippen LogP contribution is -2.53. The van der Waals surface area contributed by atoms with E-state index in [9.17, 15) is 9.59 Å². The van der Waals surface area contributed by atoms with Crippen molar-refractivity contribution in [2.24, 2.45) is 5.92 Å². The molecule has 0 aliphatic carbocycles. The summed E-state index contributed by atoms with van der Waals surface area (Å²) in [6.45, 7) is 2.61. The molecule has 2 rings (SSSR count). The van der Waals surface area contributed by atoms with Crippen LogP contribution < -0.4 is 0 Å². The number of carbonyl (C=O) groups excluding carboxylic acids is 1. The van der Waals surface area contributed by atoms with Gasteiger partial charge in [0, 0.05) is 32.1 Å². The van der Waals surface area contributed by atoms with Crippen LogP contribution in [0.4, 0.5) is 4.79 Å². The molecule has 0 aromatic heterocycles. The Morgan fingerprint density at radius 1 is 1.53 bits per heavy atom. The third kappa shape index (κ3) is 2.09. The van der Waals surface area contributed by atoms with E-state index in [0.29, 0.717) is 25.6 Å². The molecule has 84 valence electrons. The molecule has 1 atom stereocenters. The molecule has 2 heterocycles. The number of likely N-dealkylation sites (tertiary alicyclic amines) is 2. The highest BCUT2D eigenvalue weighted by Crippen LogP contribution is 2.23. The highest BCUT2D eigenvalue weighted by atomic mass is 79.9. The van der Waals surface area contributed by atoms with Crippen molar-refractivity contribution in [1.82, 2.24) is 9.80 Å². The van der Waals surface area contributed by atoms with Crippen molar-refractivity contribution in [2.45, 2.75) is 11.2 Å². The molecule has 0 bridgehead atoms. The van der Waals surface area contributed by atoms with Crippen LogP contribution in [0.2, 0.25) is 0 Å². The van der Waals surface area contributed by atoms with Gasteiger partial charge in [-0.2, -0.15) is 0 Å². The predicted octanol–water partition coefficient (Wildman–Crippen LogP) is 0.592. The van der Waals surface area contributed by atoms with Gasteiger partial charge >= 0.3 is 6.09 Å². The fraction of sp³-hybridized carbons (Fsp3) is 0.778. The minimum absolute atomic E-state index is 0.0341. The quantitative estimate of drug-likeness (QED) is 0.751. The molecule has 2 saturated heterocycles. The van der Waals surface area contributed by atoms with E-state index in [1.165, 1.54) is 4.90 Å². The minimum Gasteiger partial charge on any atom is -0.465 e. The Morgan fingerprint density at radius 3 is 2.67 bits per heavy atom. The summed E-state index contributed by atoms with van der Waals surface area (Å²) in [5.74, 6) is 0.464. The van der Waals surface area contributed by atoms with Crippen LogP contribution in [0.15, 0.2) is 0 Å². The molecule has 2 aliphatic rings. The first-order chi connectivity index (χ1) is 7.08. The molecule has 0 saturated carbocycles. The highest BCUT2D eigenvalue weighted by Gasteiger charge is 2.36. The van der Waals surface area contributed by atoms with Crippen LogP contribution in [-0.4, -0.2) is 57.9 Å². The largest absolute Gasteiger partial charge is 0.465 e. The number of rotatable bonds is 2. The SMILES string of the molecule is O=C(O)N1CC(CN2CCC(Br)C2=O)C1. The molecule has 1 unspecified atom stereocenters. The van der Waals surface area contributed by atoms with Gasteiger partial charge in [0.2, 0.25) is 5.91 Å². The van der Waals surface area contributed by atoms with Gasteiger partial charge < -0.3 is 14.9 Å². The molecule has 0 spiro atoms. The van der Waals surface area contributed by atoms with Crippen LogP contribution in [0.5, 0.6) is 0 Å². The summed E-state index contributed by atoms with van der Waals surface area (Å²) >= 11 is 3.31. The number of hydrogen-bond donors (Lipinski definition) is 1. The number of carbonyl (C=O) groups is 2. The second-order valence-electron chi connectivity index (χ2n) is 4.09. The average molecular weight is 277 g/mol. The summed E-state index contributed by atoms with van der Waals surface area (Å²) in [5, 5.41) is 8.64. The Labute approximate surface area is 96.2 Å². The van der Waals surface area contributed by atoms with Crippen LogP contribution in [-0.2, 0) is 4.79 Å². The number of carboxylic acid groups (broad SMARTS) is 1. The lowest BCUT2D eigenvalue weighted by Gasteiger charge is -2.38. The van der Waals surface area contributed by atoms with E-state index >= 15 is 0 Å². The van der Waals surface area contributed by atoms with E-state index in [-0.39, 0.29) is 10.7 Å². The van der Waals surface area contributed by atoms with Gasteiger partial charge in [-0.25, -0.2) is 4.79 Å². The van der Waals surface area contributed by atoms with Crippen molar-refractivity contribution < 1.29 is 14.7 Å². The van der Waals surface area contributed by atoms with Crippen LogP contribution in [0.25, 0.3) is 0 Å². The Morgan fingerprint density at radius 2 is 2.20 bits per heavy atom. The van der Waals surface area contributed by atoms with Gasteiger partial charge in [0.05, 0.1) is 4.83 Å². The van der Waals surface area contributed by atoms with Crippen LogP contribution in [0.1, 0.15) is 6.42 Å². The number of amides is 2. The lowest BCUT2D eigenvalue weighted by atomic mass is 10.0. The Balaban J connectivity index is 1.76. The van der Waals surface area contributed by atoms with Gasteiger partial charge in [0.25, 0.3) is 0 Å². The number of halogens is 1. The van der Waals surface area contributed by atoms with Crippen molar-refractivity contribution in [1.29, 1.82) is 0 Å². The van der Waals surface area contributed by atoms with Crippen molar-refractivity contribution in [3.05, 3.63) is 0 Å². The maximum atomic E-state index is 11.5. The van der Waals surface area contributed by atoms with E-state index in [0.717, 1.165) is 13.0 Å². The third-order valence-corrected chi connectivity index (χ3v) is 3.79. The second kappa shape index (κ2) is 4.00. The summed E-state index contributed by atoms with van der Waals surface area (Å²) in [4.78, 5) is 25.2. The molecule has 1 N–H and O–H groups in total. The summed E-state index contributed by atoms with van der Waals surface area (Å²) in [5.41, 5.74) is 0. The Bertz CT molecular complexity index is 291. The maximum Gasteiger partial charge on any atom is 0.407 e. The van der Waals surface area contributed by atoms with Crippen molar-refractivity contribution >= 4 is 27.9 Å². The molecule has 2 amide bonds. The van der Waals surface area contributed by atoms with Gasteiger partial charge in [-0.1, -0.05) is 15.9 Å². The molecular weight excluding hydrogens is 264 g/mol. The van der Waals surface area contributed by atoms with Crippen LogP contribution >= 0.6 is 15.9 Å². The average Bonchev–Trinajstić information content (AvgIpc) is 2.40. The zero-order valence-electron chi connectivity index (χ0n) is 8.23. The molecule has 0 aromatic rings. The fourth-order valence-corrected chi connectivity index (χ4v) is 2.53. The van der Waals surface area contributed by atoms with Gasteiger partial charge in [-0.15, -0.1) is 0 Å². The Kier molecular flexibility index (Phi) is 2.86. The topological polar surface area (TPSA) is 60.9 Å². The van der Waals surface area contributed by atoms with E-state index in [4.69, 9.17) is 5.11 Å². The number of hydrogen-bond acceptors (Lipinski definition) is 2. The summed E-state index contributed by atoms with van der Waals surface area (Å²) in [6, 6.07) is 0. The maximum absolute atomic E-state index is 11.5. The van der Waals surface area contributed by atoms with Gasteiger partial charge in [-0.3, -0.25) is 4.79 Å². The molecule has 2 aliphatic heterocycles. The van der Waals surface area contributed by atoms with E-state index < -0.39 is 6.09 Å². The fourth-order valence-electron chi connectivity index (χ4n) is 2.04. The first-order valence-corrected chi connectivity index (χ1v) is 5.90. The van der Waals surface area contributed by atoms with Gasteiger partial charge in [-0.05, 0) is 6.42 Å². The predicted molar refractivity (Wildman–Crippen MR) is 57.0 cm³/mol. The molecule has 15 heavy (non-hydrogen) atoms. The zero-order chi connectivity index (χ0) is 11.0. The highest BCUT2D eigenvalue weighted by molar-refractivity contribution is 9.10. The second-order valence-corrected chi connectivity index (χ2v) is 5.20. The lowest BCUT2D eigenvalue weighted by molar-refractivity contribution is -0.128. The summed E-state index contributed by atoms with van der Waals surface area (Å²) in [6.07, 6.45) is -0.00819. The van der Waals surface area contributed by atoms with Crippen LogP contribution in [0.3, 0.4) is 0 Å². The third-order valence-electron chi connectivity index (χ3n) is 2.94. The van der Waals surface area contributed by atoms with Crippen molar-refractivity contribution in [3.8, 4) is 0 Å². The standard InChI is InChI=1S/C9H13BrN2O3/c10-7-1-2-11(8(7)13)3-6-4-12(5-6)9(14)15/h6-7H,1-5H2,(H,14,15). The van der Waals surface area contributed by atoms with Crippen molar-refractivity contribution in [3.63, 3.8) is 0 Å². The molecule has 0 aromatic carbocycles. The molecule has 6 heteroatoms. The first-order valence-electron chi connectivity index (χ1n) is 4.98. The molecule has 0 radical (unpaired) electrons. The summed E-state index contributed by atoms with van der Waals surface area (Å²) < 4.78 is 0. The molecule has 5 nitrogen and oxygen atoms in total. The summed E-state index contributed by atoms with van der Waals surface area (Å²) in [7, 11) is 0. The Hall–Kier alpha value is -0.780. The first kappa shape index (κ1) is 10.7. The van der Waals surface area contributed by atoms with Gasteiger partial charge in [0.15, 0.2) is 0 Å². The number of alkyl halides is 1. The van der Waals surface area contributed by atoms with E-state index in [2.05, 4.69) is 15.9 Å². The minimum atomic E-state index is -0.864. The van der Waals surface area contributed by atoms with Crippen molar-refractivity contribution in [2.75, 3.05) is 26.2 Å². The van der Waals surface area contributed by atoms with Crippen LogP contribution in [0, 0.1) is 5.92 Å². The van der Waals surface area contributed by atoms with E-state index in [1.54, 1.807) is 0 Å².